The van der Waals surface area contributed by atoms with E-state index in [0.717, 1.165) is 29.0 Å². The summed E-state index contributed by atoms with van der Waals surface area (Å²) in [5.41, 5.74) is 4.97. The van der Waals surface area contributed by atoms with Gasteiger partial charge in [0.05, 0.1) is 17.1 Å². The minimum Gasteiger partial charge on any atom is -0.350 e. The average molecular weight is 505 g/mol. The van der Waals surface area contributed by atoms with Crippen molar-refractivity contribution in [2.45, 2.75) is 13.1 Å². The standard InChI is InChI=1S/C27H23ClF2N6/c1-35(2)16-17-11-13-36-24(14-17)34-25(18-6-8-19(29)9-7-18)26(36)23-10-12-31-27(33-23)32-15-20-21(28)4-3-5-22(20)30/h3-14H,15-16H2,1-2H3,(H,31,32,33). The Morgan fingerprint density at radius 1 is 1.00 bits per heavy atom. The summed E-state index contributed by atoms with van der Waals surface area (Å²) in [6, 6.07) is 16.6. The summed E-state index contributed by atoms with van der Waals surface area (Å²) in [6.45, 7) is 0.894. The highest BCUT2D eigenvalue weighted by Crippen LogP contribution is 2.32. The zero-order valence-corrected chi connectivity index (χ0v) is 20.5. The Labute approximate surface area is 212 Å². The molecule has 1 N–H and O–H groups in total. The summed E-state index contributed by atoms with van der Waals surface area (Å²) >= 11 is 6.16. The van der Waals surface area contributed by atoms with E-state index in [1.54, 1.807) is 36.5 Å². The zero-order valence-electron chi connectivity index (χ0n) is 19.7. The second kappa shape index (κ2) is 10.0. The lowest BCUT2D eigenvalue weighted by atomic mass is 10.1. The minimum absolute atomic E-state index is 0.126. The summed E-state index contributed by atoms with van der Waals surface area (Å²) in [4.78, 5) is 15.9. The Bertz CT molecular complexity index is 1510. The molecule has 2 aromatic carbocycles. The van der Waals surface area contributed by atoms with E-state index in [-0.39, 0.29) is 12.4 Å². The third-order valence-electron chi connectivity index (χ3n) is 5.69. The number of fused-ring (bicyclic) bond motifs is 1. The lowest BCUT2D eigenvalue weighted by Crippen LogP contribution is -2.10. The summed E-state index contributed by atoms with van der Waals surface area (Å²) < 4.78 is 29.8. The lowest BCUT2D eigenvalue weighted by Gasteiger charge is -2.11. The molecule has 0 aliphatic carbocycles. The first-order chi connectivity index (χ1) is 17.4. The Balaban J connectivity index is 1.57. The van der Waals surface area contributed by atoms with Gasteiger partial charge in [-0.3, -0.25) is 4.40 Å². The van der Waals surface area contributed by atoms with Gasteiger partial charge in [0, 0.05) is 41.6 Å². The molecular formula is C27H23ClF2N6. The maximum absolute atomic E-state index is 14.2. The van der Waals surface area contributed by atoms with Crippen molar-refractivity contribution >= 4 is 23.2 Å². The first kappa shape index (κ1) is 23.8. The van der Waals surface area contributed by atoms with Crippen LogP contribution in [0.1, 0.15) is 11.1 Å². The van der Waals surface area contributed by atoms with Crippen LogP contribution in [0.3, 0.4) is 0 Å². The van der Waals surface area contributed by atoms with Crippen LogP contribution in [0.2, 0.25) is 5.02 Å². The Morgan fingerprint density at radius 3 is 2.56 bits per heavy atom. The average Bonchev–Trinajstić information content (AvgIpc) is 3.23. The molecule has 3 heterocycles. The molecule has 5 aromatic rings. The number of nitrogens with one attached hydrogen (secondary N) is 1. The number of halogens is 3. The van der Waals surface area contributed by atoms with Gasteiger partial charge in [-0.1, -0.05) is 17.7 Å². The maximum Gasteiger partial charge on any atom is 0.223 e. The van der Waals surface area contributed by atoms with Crippen LogP contribution in [-0.4, -0.2) is 38.3 Å². The Hall–Kier alpha value is -3.88. The van der Waals surface area contributed by atoms with Crippen molar-refractivity contribution < 1.29 is 8.78 Å². The number of rotatable bonds is 7. The van der Waals surface area contributed by atoms with Crippen LogP contribution in [0, 0.1) is 11.6 Å². The van der Waals surface area contributed by atoms with Crippen molar-refractivity contribution in [2.75, 3.05) is 19.4 Å². The van der Waals surface area contributed by atoms with Crippen LogP contribution in [0.15, 0.2) is 73.1 Å². The van der Waals surface area contributed by atoms with Gasteiger partial charge in [-0.2, -0.15) is 0 Å². The van der Waals surface area contributed by atoms with Crippen molar-refractivity contribution in [3.05, 3.63) is 101 Å². The highest BCUT2D eigenvalue weighted by Gasteiger charge is 2.18. The molecule has 0 saturated carbocycles. The van der Waals surface area contributed by atoms with Gasteiger partial charge in [0.15, 0.2) is 0 Å². The maximum atomic E-state index is 14.2. The molecule has 0 aliphatic heterocycles. The largest absolute Gasteiger partial charge is 0.350 e. The van der Waals surface area contributed by atoms with E-state index >= 15 is 0 Å². The molecule has 182 valence electrons. The van der Waals surface area contributed by atoms with E-state index in [4.69, 9.17) is 16.6 Å². The zero-order chi connectivity index (χ0) is 25.2. The highest BCUT2D eigenvalue weighted by molar-refractivity contribution is 6.31. The van der Waals surface area contributed by atoms with E-state index in [1.807, 2.05) is 36.8 Å². The highest BCUT2D eigenvalue weighted by atomic mass is 35.5. The third kappa shape index (κ3) is 4.91. The number of pyridine rings is 1. The van der Waals surface area contributed by atoms with Crippen LogP contribution in [0.25, 0.3) is 28.3 Å². The molecule has 0 radical (unpaired) electrons. The second-order valence-electron chi connectivity index (χ2n) is 8.64. The number of hydrogen-bond acceptors (Lipinski definition) is 5. The summed E-state index contributed by atoms with van der Waals surface area (Å²) in [5, 5.41) is 3.39. The topological polar surface area (TPSA) is 58.4 Å². The van der Waals surface area contributed by atoms with Gasteiger partial charge in [0.2, 0.25) is 5.95 Å². The van der Waals surface area contributed by atoms with Gasteiger partial charge in [-0.05, 0) is 74.3 Å². The van der Waals surface area contributed by atoms with Crippen molar-refractivity contribution in [1.29, 1.82) is 0 Å². The number of imidazole rings is 1. The Kier molecular flexibility index (Phi) is 6.63. The van der Waals surface area contributed by atoms with Crippen LogP contribution in [0.4, 0.5) is 14.7 Å². The van der Waals surface area contributed by atoms with Crippen molar-refractivity contribution in [3.63, 3.8) is 0 Å². The SMILES string of the molecule is CN(C)Cc1ccn2c(-c3ccnc(NCc4c(F)cccc4Cl)n3)c(-c3ccc(F)cc3)nc2c1. The molecule has 0 spiro atoms. The normalized spacial score (nSPS) is 11.4. The molecule has 0 amide bonds. The van der Waals surface area contributed by atoms with Gasteiger partial charge >= 0.3 is 0 Å². The second-order valence-corrected chi connectivity index (χ2v) is 9.04. The van der Waals surface area contributed by atoms with E-state index in [0.29, 0.717) is 27.9 Å². The van der Waals surface area contributed by atoms with Gasteiger partial charge in [-0.25, -0.2) is 23.7 Å². The van der Waals surface area contributed by atoms with Crippen molar-refractivity contribution in [1.82, 2.24) is 24.3 Å². The van der Waals surface area contributed by atoms with Gasteiger partial charge in [-0.15, -0.1) is 0 Å². The van der Waals surface area contributed by atoms with Gasteiger partial charge in [0.1, 0.15) is 17.3 Å². The molecule has 3 aromatic heterocycles. The Morgan fingerprint density at radius 2 is 1.81 bits per heavy atom. The fraction of sp³-hybridized carbons (Fsp3) is 0.148. The molecule has 9 heteroatoms. The number of aromatic nitrogens is 4. The van der Waals surface area contributed by atoms with E-state index < -0.39 is 5.82 Å². The first-order valence-corrected chi connectivity index (χ1v) is 11.7. The van der Waals surface area contributed by atoms with Crippen LogP contribution < -0.4 is 5.32 Å². The van der Waals surface area contributed by atoms with Crippen molar-refractivity contribution in [3.8, 4) is 22.6 Å². The van der Waals surface area contributed by atoms with Crippen LogP contribution >= 0.6 is 11.6 Å². The lowest BCUT2D eigenvalue weighted by molar-refractivity contribution is 0.402. The van der Waals surface area contributed by atoms with E-state index in [2.05, 4.69) is 20.2 Å². The summed E-state index contributed by atoms with van der Waals surface area (Å²) in [7, 11) is 4.02. The molecule has 0 unspecified atom stereocenters. The fourth-order valence-corrected chi connectivity index (χ4v) is 4.28. The predicted octanol–water partition coefficient (Wildman–Crippen LogP) is 6.06. The molecule has 0 bridgehead atoms. The van der Waals surface area contributed by atoms with Gasteiger partial charge in [0.25, 0.3) is 0 Å². The predicted molar refractivity (Wildman–Crippen MR) is 138 cm³/mol. The number of hydrogen-bond donors (Lipinski definition) is 1. The third-order valence-corrected chi connectivity index (χ3v) is 6.04. The summed E-state index contributed by atoms with van der Waals surface area (Å²) in [6.07, 6.45) is 3.58. The summed E-state index contributed by atoms with van der Waals surface area (Å²) in [5.74, 6) is -0.409. The number of benzene rings is 2. The molecule has 6 nitrogen and oxygen atoms in total. The minimum atomic E-state index is -0.403. The van der Waals surface area contributed by atoms with Crippen LogP contribution in [0.5, 0.6) is 0 Å². The van der Waals surface area contributed by atoms with E-state index in [1.165, 1.54) is 18.2 Å². The molecule has 0 fully saturated rings. The monoisotopic (exact) mass is 504 g/mol. The van der Waals surface area contributed by atoms with Crippen molar-refractivity contribution in [2.24, 2.45) is 0 Å². The fourth-order valence-electron chi connectivity index (χ4n) is 4.05. The number of nitrogens with zero attached hydrogens (tertiary/aromatic N) is 5. The molecule has 0 atom stereocenters. The van der Waals surface area contributed by atoms with Crippen LogP contribution in [-0.2, 0) is 13.1 Å². The molecule has 0 aliphatic rings. The van der Waals surface area contributed by atoms with E-state index in [9.17, 15) is 8.78 Å². The molecule has 36 heavy (non-hydrogen) atoms. The number of anilines is 1. The van der Waals surface area contributed by atoms with Gasteiger partial charge < -0.3 is 10.2 Å². The smallest absolute Gasteiger partial charge is 0.223 e. The molecule has 5 rings (SSSR count). The molecule has 0 saturated heterocycles. The molecular weight excluding hydrogens is 482 g/mol. The quantitative estimate of drug-likeness (QED) is 0.292. The first-order valence-electron chi connectivity index (χ1n) is 11.3.